The molecule has 0 aromatic heterocycles. The van der Waals surface area contributed by atoms with E-state index in [0.29, 0.717) is 0 Å². The maximum Gasteiger partial charge on any atom is -0.00218 e. The fraction of sp³-hybridized carbons (Fsp3) is 1.00. The molecule has 0 saturated carbocycles. The van der Waals surface area contributed by atoms with Gasteiger partial charge in [-0.15, -0.1) is 0 Å². The van der Waals surface area contributed by atoms with Gasteiger partial charge in [-0.1, -0.05) is 26.7 Å². The number of nitrogens with zero attached hydrogens (tertiary/aromatic N) is 1. The van der Waals surface area contributed by atoms with Crippen LogP contribution in [0.3, 0.4) is 0 Å². The van der Waals surface area contributed by atoms with E-state index < -0.39 is 0 Å². The summed E-state index contributed by atoms with van der Waals surface area (Å²) in [6.45, 7) is 6.64. The van der Waals surface area contributed by atoms with Gasteiger partial charge in [0.2, 0.25) is 0 Å². The molecule has 0 radical (unpaired) electrons. The summed E-state index contributed by atoms with van der Waals surface area (Å²) in [5.74, 6) is 0. The van der Waals surface area contributed by atoms with Gasteiger partial charge in [0.1, 0.15) is 0 Å². The van der Waals surface area contributed by atoms with Crippen molar-refractivity contribution in [1.29, 1.82) is 0 Å². The number of rotatable bonds is 0. The fourth-order valence-electron chi connectivity index (χ4n) is 1.23. The average Bonchev–Trinajstić information content (AvgIpc) is 2.40. The molecule has 0 aromatic rings. The second-order valence-corrected chi connectivity index (χ2v) is 2.72. The van der Waals surface area contributed by atoms with E-state index in [2.05, 4.69) is 17.7 Å². The van der Waals surface area contributed by atoms with Gasteiger partial charge in [-0.2, -0.15) is 0 Å². The number of likely N-dealkylation sites (tertiary alicyclic amines) is 1. The zero-order chi connectivity index (χ0) is 9.82. The van der Waals surface area contributed by atoms with Crippen LogP contribution in [0.5, 0.6) is 0 Å². The quantitative estimate of drug-likeness (QED) is 0.609. The van der Waals surface area contributed by atoms with Crippen LogP contribution >= 0.6 is 0 Å². The highest BCUT2D eigenvalue weighted by atomic mass is 15.1. The van der Waals surface area contributed by atoms with Crippen LogP contribution in [0, 0.1) is 0 Å². The van der Waals surface area contributed by atoms with Crippen molar-refractivity contribution in [2.75, 3.05) is 27.2 Å². The molecule has 0 aromatic carbocycles. The van der Waals surface area contributed by atoms with Crippen molar-refractivity contribution in [3.8, 4) is 0 Å². The van der Waals surface area contributed by atoms with Gasteiger partial charge in [-0.3, -0.25) is 0 Å². The summed E-state index contributed by atoms with van der Waals surface area (Å²) in [5, 5.41) is 0. The molecule has 2 nitrogen and oxygen atoms in total. The van der Waals surface area contributed by atoms with Crippen molar-refractivity contribution < 1.29 is 0 Å². The number of nitrogens with two attached hydrogens (primary N) is 1. The predicted octanol–water partition coefficient (Wildman–Crippen LogP) is 2.09. The Morgan fingerprint density at radius 1 is 0.833 bits per heavy atom. The third-order valence-electron chi connectivity index (χ3n) is 1.83. The summed E-state index contributed by atoms with van der Waals surface area (Å²) in [4.78, 5) is 2.42. The molecule has 0 amide bonds. The van der Waals surface area contributed by atoms with E-state index in [1.165, 1.54) is 45.8 Å². The molecule has 1 saturated heterocycles. The van der Waals surface area contributed by atoms with Gasteiger partial charge in [0.05, 0.1) is 0 Å². The molecule has 0 atom stereocenters. The largest absolute Gasteiger partial charge is 0.333 e. The fourth-order valence-corrected chi connectivity index (χ4v) is 1.23. The summed E-state index contributed by atoms with van der Waals surface area (Å²) >= 11 is 0. The predicted molar refractivity (Wildman–Crippen MR) is 57.4 cm³/mol. The Hall–Kier alpha value is -0.0800. The lowest BCUT2D eigenvalue weighted by molar-refractivity contribution is 0.349. The maximum absolute atomic E-state index is 4.50. The first-order valence-corrected chi connectivity index (χ1v) is 5.16. The van der Waals surface area contributed by atoms with Crippen LogP contribution in [0.25, 0.3) is 0 Å². The lowest BCUT2D eigenvalue weighted by Crippen LogP contribution is -2.18. The summed E-state index contributed by atoms with van der Waals surface area (Å²) < 4.78 is 0. The minimum atomic E-state index is 1.32. The molecule has 12 heavy (non-hydrogen) atoms. The highest BCUT2D eigenvalue weighted by Crippen LogP contribution is 2.06. The molecule has 1 aliphatic rings. The Labute approximate surface area is 78.1 Å². The Bertz CT molecular complexity index is 56.9. The lowest BCUT2D eigenvalue weighted by Gasteiger charge is -2.10. The Balaban J connectivity index is 0. The minimum Gasteiger partial charge on any atom is -0.333 e. The van der Waals surface area contributed by atoms with Crippen LogP contribution in [-0.4, -0.2) is 32.1 Å². The molecular weight excluding hydrogens is 148 g/mol. The third kappa shape index (κ3) is 9.92. The van der Waals surface area contributed by atoms with Crippen LogP contribution < -0.4 is 5.73 Å². The van der Waals surface area contributed by atoms with E-state index in [1.807, 2.05) is 13.8 Å². The molecule has 0 spiro atoms. The van der Waals surface area contributed by atoms with Gasteiger partial charge in [0, 0.05) is 0 Å². The Morgan fingerprint density at radius 2 is 1.17 bits per heavy atom. The first-order chi connectivity index (χ1) is 5.89. The molecule has 1 fully saturated rings. The van der Waals surface area contributed by atoms with E-state index in [-0.39, 0.29) is 0 Å². The van der Waals surface area contributed by atoms with Crippen molar-refractivity contribution in [3.05, 3.63) is 0 Å². The van der Waals surface area contributed by atoms with Gasteiger partial charge in [0.15, 0.2) is 0 Å². The molecule has 0 aliphatic carbocycles. The Kier molecular flexibility index (Phi) is 16.3. The van der Waals surface area contributed by atoms with Crippen LogP contribution in [0.1, 0.15) is 39.5 Å². The van der Waals surface area contributed by atoms with Gasteiger partial charge >= 0.3 is 0 Å². The lowest BCUT2D eigenvalue weighted by atomic mass is 10.2. The highest BCUT2D eigenvalue weighted by molar-refractivity contribution is 4.57. The van der Waals surface area contributed by atoms with Crippen molar-refractivity contribution >= 4 is 0 Å². The molecule has 76 valence electrons. The monoisotopic (exact) mass is 174 g/mol. The third-order valence-corrected chi connectivity index (χ3v) is 1.83. The van der Waals surface area contributed by atoms with Crippen LogP contribution in [0.15, 0.2) is 0 Å². The van der Waals surface area contributed by atoms with E-state index in [4.69, 9.17) is 0 Å². The molecule has 1 aliphatic heterocycles. The smallest absolute Gasteiger partial charge is 0.00218 e. The van der Waals surface area contributed by atoms with Crippen LogP contribution in [-0.2, 0) is 0 Å². The first-order valence-electron chi connectivity index (χ1n) is 5.16. The van der Waals surface area contributed by atoms with E-state index in [0.717, 1.165) is 0 Å². The topological polar surface area (TPSA) is 29.3 Å². The SMILES string of the molecule is CC.CN.CN1CCCCCC1. The van der Waals surface area contributed by atoms with Crippen molar-refractivity contribution in [2.45, 2.75) is 39.5 Å². The summed E-state index contributed by atoms with van der Waals surface area (Å²) in [7, 11) is 3.71. The number of hydrogen-bond acceptors (Lipinski definition) is 2. The molecule has 0 bridgehead atoms. The first kappa shape index (κ1) is 14.4. The second kappa shape index (κ2) is 13.5. The molecule has 0 unspecified atom stereocenters. The summed E-state index contributed by atoms with van der Waals surface area (Å²) in [6.07, 6.45) is 5.72. The molecule has 1 heterocycles. The normalized spacial score (nSPS) is 17.8. The zero-order valence-electron chi connectivity index (χ0n) is 9.27. The average molecular weight is 174 g/mol. The number of hydrogen-bond donors (Lipinski definition) is 1. The van der Waals surface area contributed by atoms with E-state index in [1.54, 1.807) is 0 Å². The minimum absolute atomic E-state index is 1.32. The van der Waals surface area contributed by atoms with Crippen LogP contribution in [0.4, 0.5) is 0 Å². The molecule has 1 rings (SSSR count). The second-order valence-electron chi connectivity index (χ2n) is 2.72. The Morgan fingerprint density at radius 3 is 1.50 bits per heavy atom. The summed E-state index contributed by atoms with van der Waals surface area (Å²) in [5.41, 5.74) is 4.50. The van der Waals surface area contributed by atoms with E-state index >= 15 is 0 Å². The zero-order valence-corrected chi connectivity index (χ0v) is 9.27. The standard InChI is InChI=1S/C7H15N.C2H6.CH5N/c1-8-6-4-2-3-5-7-8;2*1-2/h2-7H2,1H3;1-2H3;2H2,1H3. The highest BCUT2D eigenvalue weighted by Gasteiger charge is 2.01. The van der Waals surface area contributed by atoms with Gasteiger partial charge in [0.25, 0.3) is 0 Å². The molecule has 2 N–H and O–H groups in total. The van der Waals surface area contributed by atoms with E-state index in [9.17, 15) is 0 Å². The molecular formula is C10H26N2. The molecule has 2 heteroatoms. The van der Waals surface area contributed by atoms with Crippen molar-refractivity contribution in [1.82, 2.24) is 4.90 Å². The van der Waals surface area contributed by atoms with Crippen LogP contribution in [0.2, 0.25) is 0 Å². The van der Waals surface area contributed by atoms with Gasteiger partial charge in [-0.25, -0.2) is 0 Å². The van der Waals surface area contributed by atoms with Crippen molar-refractivity contribution in [3.63, 3.8) is 0 Å². The van der Waals surface area contributed by atoms with Gasteiger partial charge < -0.3 is 10.6 Å². The maximum atomic E-state index is 4.50. The summed E-state index contributed by atoms with van der Waals surface area (Å²) in [6, 6.07) is 0. The van der Waals surface area contributed by atoms with Crippen molar-refractivity contribution in [2.24, 2.45) is 5.73 Å². The van der Waals surface area contributed by atoms with Gasteiger partial charge in [-0.05, 0) is 40.0 Å².